The van der Waals surface area contributed by atoms with Crippen molar-refractivity contribution in [3.63, 3.8) is 0 Å². The molecule has 2 atom stereocenters. The summed E-state index contributed by atoms with van der Waals surface area (Å²) in [4.78, 5) is 14.5. The summed E-state index contributed by atoms with van der Waals surface area (Å²) >= 11 is 0. The van der Waals surface area contributed by atoms with Crippen LogP contribution in [0.25, 0.3) is 11.1 Å². The maximum Gasteiger partial charge on any atom is 0.260 e. The SMILES string of the molecule is CC1CC(C)CN(C(=O)COc2ccccc2-c2ccccc2)C1. The van der Waals surface area contributed by atoms with Gasteiger partial charge in [0, 0.05) is 18.7 Å². The second-order valence-electron chi connectivity index (χ2n) is 6.90. The highest BCUT2D eigenvalue weighted by Crippen LogP contribution is 2.29. The Morgan fingerprint density at radius 2 is 1.62 bits per heavy atom. The number of hydrogen-bond donors (Lipinski definition) is 0. The van der Waals surface area contributed by atoms with Crippen LogP contribution in [0.2, 0.25) is 0 Å². The highest BCUT2D eigenvalue weighted by Gasteiger charge is 2.25. The number of nitrogens with zero attached hydrogens (tertiary/aromatic N) is 1. The molecule has 0 N–H and O–H groups in total. The Balaban J connectivity index is 1.68. The summed E-state index contributed by atoms with van der Waals surface area (Å²) in [5.41, 5.74) is 2.12. The second-order valence-corrected chi connectivity index (χ2v) is 6.90. The summed E-state index contributed by atoms with van der Waals surface area (Å²) in [6.07, 6.45) is 1.20. The molecule has 0 radical (unpaired) electrons. The number of carbonyl (C=O) groups excluding carboxylic acids is 1. The highest BCUT2D eigenvalue weighted by molar-refractivity contribution is 5.78. The summed E-state index contributed by atoms with van der Waals surface area (Å²) in [5.74, 6) is 1.97. The zero-order valence-electron chi connectivity index (χ0n) is 14.4. The predicted molar refractivity (Wildman–Crippen MR) is 96.9 cm³/mol. The molecule has 1 saturated heterocycles. The Labute approximate surface area is 144 Å². The number of likely N-dealkylation sites (tertiary alicyclic amines) is 1. The first kappa shape index (κ1) is 16.6. The minimum atomic E-state index is 0.0799. The van der Waals surface area contributed by atoms with E-state index in [9.17, 15) is 4.79 Å². The van der Waals surface area contributed by atoms with Gasteiger partial charge in [0.1, 0.15) is 5.75 Å². The lowest BCUT2D eigenvalue weighted by Gasteiger charge is -2.34. The van der Waals surface area contributed by atoms with Crippen LogP contribution in [-0.4, -0.2) is 30.5 Å². The van der Waals surface area contributed by atoms with Crippen molar-refractivity contribution in [3.05, 3.63) is 54.6 Å². The van der Waals surface area contributed by atoms with Crippen molar-refractivity contribution < 1.29 is 9.53 Å². The molecular formula is C21H25NO2. The lowest BCUT2D eigenvalue weighted by atomic mass is 9.92. The van der Waals surface area contributed by atoms with Crippen LogP contribution < -0.4 is 4.74 Å². The maximum atomic E-state index is 12.5. The monoisotopic (exact) mass is 323 g/mol. The molecule has 0 saturated carbocycles. The van der Waals surface area contributed by atoms with E-state index in [1.54, 1.807) is 0 Å². The quantitative estimate of drug-likeness (QED) is 0.842. The number of para-hydroxylation sites is 1. The fourth-order valence-corrected chi connectivity index (χ4v) is 3.55. The Morgan fingerprint density at radius 1 is 1.00 bits per heavy atom. The average Bonchev–Trinajstić information content (AvgIpc) is 2.60. The molecular weight excluding hydrogens is 298 g/mol. The lowest BCUT2D eigenvalue weighted by Crippen LogP contribution is -2.44. The zero-order chi connectivity index (χ0) is 16.9. The van der Waals surface area contributed by atoms with Crippen molar-refractivity contribution in [1.82, 2.24) is 4.90 Å². The van der Waals surface area contributed by atoms with Crippen LogP contribution in [0.1, 0.15) is 20.3 Å². The Kier molecular flexibility index (Phi) is 5.19. The minimum Gasteiger partial charge on any atom is -0.483 e. The predicted octanol–water partition coefficient (Wildman–Crippen LogP) is 4.24. The van der Waals surface area contributed by atoms with Gasteiger partial charge in [-0.05, 0) is 29.9 Å². The average molecular weight is 323 g/mol. The van der Waals surface area contributed by atoms with Gasteiger partial charge < -0.3 is 9.64 Å². The molecule has 0 spiro atoms. The van der Waals surface area contributed by atoms with Gasteiger partial charge in [-0.25, -0.2) is 0 Å². The number of piperidine rings is 1. The van der Waals surface area contributed by atoms with Gasteiger partial charge in [0.2, 0.25) is 0 Å². The van der Waals surface area contributed by atoms with Gasteiger partial charge in [-0.15, -0.1) is 0 Å². The number of carbonyl (C=O) groups is 1. The molecule has 1 aliphatic rings. The summed E-state index contributed by atoms with van der Waals surface area (Å²) in [6.45, 7) is 6.20. The summed E-state index contributed by atoms with van der Waals surface area (Å²) in [5, 5.41) is 0. The zero-order valence-corrected chi connectivity index (χ0v) is 14.4. The van der Waals surface area contributed by atoms with E-state index < -0.39 is 0 Å². The van der Waals surface area contributed by atoms with Gasteiger partial charge in [0.25, 0.3) is 5.91 Å². The number of amides is 1. The normalized spacial score (nSPS) is 20.7. The molecule has 2 aromatic rings. The molecule has 0 bridgehead atoms. The summed E-state index contributed by atoms with van der Waals surface area (Å²) < 4.78 is 5.89. The first-order valence-corrected chi connectivity index (χ1v) is 8.68. The largest absolute Gasteiger partial charge is 0.483 e. The van der Waals surface area contributed by atoms with Crippen LogP contribution in [-0.2, 0) is 4.79 Å². The fraction of sp³-hybridized carbons (Fsp3) is 0.381. The molecule has 1 aliphatic heterocycles. The van der Waals surface area contributed by atoms with Crippen molar-refractivity contribution in [3.8, 4) is 16.9 Å². The van der Waals surface area contributed by atoms with Crippen molar-refractivity contribution in [2.24, 2.45) is 11.8 Å². The molecule has 2 unspecified atom stereocenters. The Hall–Kier alpha value is -2.29. The number of rotatable bonds is 4. The van der Waals surface area contributed by atoms with Crippen molar-refractivity contribution in [2.75, 3.05) is 19.7 Å². The van der Waals surface area contributed by atoms with E-state index in [4.69, 9.17) is 4.74 Å². The molecule has 126 valence electrons. The van der Waals surface area contributed by atoms with Crippen LogP contribution >= 0.6 is 0 Å². The molecule has 3 nitrogen and oxygen atoms in total. The third-order valence-electron chi connectivity index (χ3n) is 4.54. The molecule has 3 rings (SSSR count). The van der Waals surface area contributed by atoms with Gasteiger partial charge in [-0.2, -0.15) is 0 Å². The molecule has 1 fully saturated rings. The number of benzene rings is 2. The smallest absolute Gasteiger partial charge is 0.260 e. The molecule has 2 aromatic carbocycles. The maximum absolute atomic E-state index is 12.5. The Morgan fingerprint density at radius 3 is 2.33 bits per heavy atom. The van der Waals surface area contributed by atoms with Crippen LogP contribution in [0, 0.1) is 11.8 Å². The van der Waals surface area contributed by atoms with Crippen molar-refractivity contribution >= 4 is 5.91 Å². The van der Waals surface area contributed by atoms with Crippen LogP contribution in [0.3, 0.4) is 0 Å². The van der Waals surface area contributed by atoms with E-state index in [0.717, 1.165) is 30.0 Å². The van der Waals surface area contributed by atoms with Gasteiger partial charge in [0.15, 0.2) is 6.61 Å². The molecule has 24 heavy (non-hydrogen) atoms. The van der Waals surface area contributed by atoms with Gasteiger partial charge in [-0.1, -0.05) is 62.4 Å². The molecule has 3 heteroatoms. The summed E-state index contributed by atoms with van der Waals surface area (Å²) in [6, 6.07) is 18.0. The van der Waals surface area contributed by atoms with Crippen LogP contribution in [0.15, 0.2) is 54.6 Å². The van der Waals surface area contributed by atoms with E-state index in [1.165, 1.54) is 6.42 Å². The molecule has 1 heterocycles. The number of hydrogen-bond acceptors (Lipinski definition) is 2. The Bertz CT molecular complexity index is 673. The third-order valence-corrected chi connectivity index (χ3v) is 4.54. The van der Waals surface area contributed by atoms with Crippen LogP contribution in [0.5, 0.6) is 5.75 Å². The van der Waals surface area contributed by atoms with Gasteiger partial charge in [-0.3, -0.25) is 4.79 Å². The van der Waals surface area contributed by atoms with Crippen molar-refractivity contribution in [1.29, 1.82) is 0 Å². The molecule has 1 amide bonds. The fourth-order valence-electron chi connectivity index (χ4n) is 3.55. The summed E-state index contributed by atoms with van der Waals surface area (Å²) in [7, 11) is 0. The molecule has 0 aromatic heterocycles. The third kappa shape index (κ3) is 3.97. The van der Waals surface area contributed by atoms with Crippen LogP contribution in [0.4, 0.5) is 0 Å². The second kappa shape index (κ2) is 7.52. The molecule has 0 aliphatic carbocycles. The van der Waals surface area contributed by atoms with Gasteiger partial charge >= 0.3 is 0 Å². The number of ether oxygens (including phenoxy) is 1. The van der Waals surface area contributed by atoms with E-state index in [0.29, 0.717) is 11.8 Å². The van der Waals surface area contributed by atoms with E-state index >= 15 is 0 Å². The van der Waals surface area contributed by atoms with Gasteiger partial charge in [0.05, 0.1) is 0 Å². The standard InChI is InChI=1S/C21H25NO2/c1-16-12-17(2)14-22(13-16)21(23)15-24-20-11-7-6-10-19(20)18-8-4-3-5-9-18/h3-11,16-17H,12-15H2,1-2H3. The first-order valence-electron chi connectivity index (χ1n) is 8.68. The lowest BCUT2D eigenvalue weighted by molar-refractivity contribution is -0.136. The van der Waals surface area contributed by atoms with Crippen molar-refractivity contribution in [2.45, 2.75) is 20.3 Å². The minimum absolute atomic E-state index is 0.0799. The van der Waals surface area contributed by atoms with E-state index in [2.05, 4.69) is 26.0 Å². The van der Waals surface area contributed by atoms with E-state index in [1.807, 2.05) is 47.4 Å². The first-order chi connectivity index (χ1) is 11.6. The van der Waals surface area contributed by atoms with E-state index in [-0.39, 0.29) is 12.5 Å². The topological polar surface area (TPSA) is 29.5 Å². The highest BCUT2D eigenvalue weighted by atomic mass is 16.5.